The monoisotopic (exact) mass is 319 g/mol. The Morgan fingerprint density at radius 1 is 1.39 bits per heavy atom. The zero-order chi connectivity index (χ0) is 13.4. The smallest absolute Gasteiger partial charge is 0.251 e. The molecule has 0 bridgehead atoms. The van der Waals surface area contributed by atoms with Gasteiger partial charge in [-0.15, -0.1) is 0 Å². The van der Waals surface area contributed by atoms with Gasteiger partial charge in [0.05, 0.1) is 24.3 Å². The zero-order valence-corrected chi connectivity index (χ0v) is 11.6. The normalized spacial score (nSPS) is 10.4. The van der Waals surface area contributed by atoms with Crippen LogP contribution >= 0.6 is 15.9 Å². The SMILES string of the molecule is COCCOCCNC(=O)c1ccc(Br)c(F)c1. The van der Waals surface area contributed by atoms with Crippen molar-refractivity contribution in [1.82, 2.24) is 5.32 Å². The average molecular weight is 320 g/mol. The summed E-state index contributed by atoms with van der Waals surface area (Å²) in [5, 5.41) is 2.64. The van der Waals surface area contributed by atoms with E-state index in [1.54, 1.807) is 13.2 Å². The van der Waals surface area contributed by atoms with Crippen molar-refractivity contribution < 1.29 is 18.7 Å². The number of nitrogens with one attached hydrogen (secondary N) is 1. The fourth-order valence-electron chi connectivity index (χ4n) is 1.22. The number of carbonyl (C=O) groups is 1. The van der Waals surface area contributed by atoms with Crippen LogP contribution in [0.2, 0.25) is 0 Å². The molecule has 1 N–H and O–H groups in total. The molecule has 1 rings (SSSR count). The number of halogens is 2. The summed E-state index contributed by atoms with van der Waals surface area (Å²) in [6, 6.07) is 4.23. The van der Waals surface area contributed by atoms with Crippen LogP contribution in [0.15, 0.2) is 22.7 Å². The van der Waals surface area contributed by atoms with Crippen LogP contribution in [-0.2, 0) is 9.47 Å². The van der Waals surface area contributed by atoms with Gasteiger partial charge in [0.15, 0.2) is 0 Å². The fraction of sp³-hybridized carbons (Fsp3) is 0.417. The van der Waals surface area contributed by atoms with Gasteiger partial charge in [-0.25, -0.2) is 4.39 Å². The average Bonchev–Trinajstić information content (AvgIpc) is 2.36. The summed E-state index contributed by atoms with van der Waals surface area (Å²) in [4.78, 5) is 11.6. The first-order chi connectivity index (χ1) is 8.65. The highest BCUT2D eigenvalue weighted by atomic mass is 79.9. The van der Waals surface area contributed by atoms with Crippen molar-refractivity contribution in [2.24, 2.45) is 0 Å². The van der Waals surface area contributed by atoms with E-state index < -0.39 is 5.82 Å². The maximum Gasteiger partial charge on any atom is 0.251 e. The van der Waals surface area contributed by atoms with Crippen LogP contribution in [0, 0.1) is 5.82 Å². The second-order valence-electron chi connectivity index (χ2n) is 3.49. The summed E-state index contributed by atoms with van der Waals surface area (Å²) in [7, 11) is 1.59. The number of hydrogen-bond donors (Lipinski definition) is 1. The topological polar surface area (TPSA) is 47.6 Å². The molecular formula is C12H15BrFNO3. The summed E-state index contributed by atoms with van der Waals surface area (Å²) in [6.07, 6.45) is 0. The number of methoxy groups -OCH3 is 1. The Labute approximate surface area is 114 Å². The summed E-state index contributed by atoms with van der Waals surface area (Å²) >= 11 is 3.03. The highest BCUT2D eigenvalue weighted by Gasteiger charge is 2.07. The second kappa shape index (κ2) is 8.18. The molecule has 1 aromatic rings. The van der Waals surface area contributed by atoms with Gasteiger partial charge in [-0.1, -0.05) is 0 Å². The molecule has 0 unspecified atom stereocenters. The summed E-state index contributed by atoms with van der Waals surface area (Å²) in [5.74, 6) is -0.782. The largest absolute Gasteiger partial charge is 0.382 e. The molecule has 0 saturated carbocycles. The number of ether oxygens (including phenoxy) is 2. The Morgan fingerprint density at radius 2 is 2.17 bits per heavy atom. The molecule has 0 saturated heterocycles. The third kappa shape index (κ3) is 5.12. The molecule has 0 aromatic heterocycles. The van der Waals surface area contributed by atoms with Gasteiger partial charge in [0.1, 0.15) is 5.82 Å². The van der Waals surface area contributed by atoms with E-state index in [0.717, 1.165) is 0 Å². The Balaban J connectivity index is 2.30. The third-order valence-electron chi connectivity index (χ3n) is 2.15. The minimum Gasteiger partial charge on any atom is -0.382 e. The van der Waals surface area contributed by atoms with Gasteiger partial charge in [0.2, 0.25) is 0 Å². The molecule has 0 aliphatic heterocycles. The molecule has 0 aliphatic rings. The Hall–Kier alpha value is -0.980. The molecule has 0 aliphatic carbocycles. The Bertz CT molecular complexity index is 401. The number of amides is 1. The van der Waals surface area contributed by atoms with E-state index in [4.69, 9.17) is 9.47 Å². The van der Waals surface area contributed by atoms with Crippen LogP contribution in [0.5, 0.6) is 0 Å². The third-order valence-corrected chi connectivity index (χ3v) is 2.79. The molecule has 1 amide bonds. The van der Waals surface area contributed by atoms with E-state index in [0.29, 0.717) is 30.8 Å². The predicted molar refractivity (Wildman–Crippen MR) is 69.1 cm³/mol. The van der Waals surface area contributed by atoms with E-state index in [-0.39, 0.29) is 11.5 Å². The van der Waals surface area contributed by atoms with Crippen molar-refractivity contribution in [2.45, 2.75) is 0 Å². The standard InChI is InChI=1S/C12H15BrFNO3/c1-17-6-7-18-5-4-15-12(16)9-2-3-10(13)11(14)8-9/h2-3,8H,4-7H2,1H3,(H,15,16). The van der Waals surface area contributed by atoms with E-state index in [1.807, 2.05) is 0 Å². The van der Waals surface area contributed by atoms with E-state index in [1.165, 1.54) is 12.1 Å². The van der Waals surface area contributed by atoms with Crippen molar-refractivity contribution in [3.05, 3.63) is 34.1 Å². The fourth-order valence-corrected chi connectivity index (χ4v) is 1.47. The molecule has 0 radical (unpaired) electrons. The zero-order valence-electron chi connectivity index (χ0n) is 10.0. The first kappa shape index (κ1) is 15.1. The van der Waals surface area contributed by atoms with Crippen LogP contribution in [0.1, 0.15) is 10.4 Å². The van der Waals surface area contributed by atoms with E-state index >= 15 is 0 Å². The lowest BCUT2D eigenvalue weighted by atomic mass is 10.2. The lowest BCUT2D eigenvalue weighted by Crippen LogP contribution is -2.27. The number of rotatable bonds is 7. The van der Waals surface area contributed by atoms with Crippen molar-refractivity contribution in [3.8, 4) is 0 Å². The Morgan fingerprint density at radius 3 is 2.83 bits per heavy atom. The predicted octanol–water partition coefficient (Wildman–Crippen LogP) is 1.98. The molecule has 100 valence electrons. The molecule has 0 atom stereocenters. The van der Waals surface area contributed by atoms with Gasteiger partial charge in [-0.2, -0.15) is 0 Å². The van der Waals surface area contributed by atoms with Crippen LogP contribution in [0.4, 0.5) is 4.39 Å². The minimum atomic E-state index is -0.459. The van der Waals surface area contributed by atoms with Gasteiger partial charge in [-0.05, 0) is 34.1 Å². The number of benzene rings is 1. The van der Waals surface area contributed by atoms with Gasteiger partial charge < -0.3 is 14.8 Å². The highest BCUT2D eigenvalue weighted by Crippen LogP contribution is 2.16. The van der Waals surface area contributed by atoms with Crippen LogP contribution in [-0.4, -0.2) is 39.4 Å². The second-order valence-corrected chi connectivity index (χ2v) is 4.34. The number of carbonyl (C=O) groups excluding carboxylic acids is 1. The van der Waals surface area contributed by atoms with Crippen LogP contribution in [0.3, 0.4) is 0 Å². The van der Waals surface area contributed by atoms with E-state index in [2.05, 4.69) is 21.2 Å². The lowest BCUT2D eigenvalue weighted by Gasteiger charge is -2.06. The maximum atomic E-state index is 13.2. The maximum absolute atomic E-state index is 13.2. The summed E-state index contributed by atoms with van der Waals surface area (Å²) in [6.45, 7) is 1.78. The molecule has 6 heteroatoms. The molecule has 0 fully saturated rings. The van der Waals surface area contributed by atoms with Crippen LogP contribution < -0.4 is 5.32 Å². The minimum absolute atomic E-state index is 0.285. The number of hydrogen-bond acceptors (Lipinski definition) is 3. The van der Waals surface area contributed by atoms with Crippen molar-refractivity contribution >= 4 is 21.8 Å². The van der Waals surface area contributed by atoms with Gasteiger partial charge in [-0.3, -0.25) is 4.79 Å². The lowest BCUT2D eigenvalue weighted by molar-refractivity contribution is 0.0692. The molecular weight excluding hydrogens is 305 g/mol. The first-order valence-corrected chi connectivity index (χ1v) is 6.24. The molecule has 4 nitrogen and oxygen atoms in total. The Kier molecular flexibility index (Phi) is 6.85. The molecule has 18 heavy (non-hydrogen) atoms. The molecule has 0 spiro atoms. The quantitative estimate of drug-likeness (QED) is 0.782. The first-order valence-electron chi connectivity index (χ1n) is 5.45. The van der Waals surface area contributed by atoms with Gasteiger partial charge in [0.25, 0.3) is 5.91 Å². The summed E-state index contributed by atoms with van der Waals surface area (Å²) < 4.78 is 23.5. The van der Waals surface area contributed by atoms with Gasteiger partial charge in [0, 0.05) is 19.2 Å². The van der Waals surface area contributed by atoms with Gasteiger partial charge >= 0.3 is 0 Å². The van der Waals surface area contributed by atoms with E-state index in [9.17, 15) is 9.18 Å². The summed E-state index contributed by atoms with van der Waals surface area (Å²) in [5.41, 5.74) is 0.285. The highest BCUT2D eigenvalue weighted by molar-refractivity contribution is 9.10. The van der Waals surface area contributed by atoms with Crippen molar-refractivity contribution in [3.63, 3.8) is 0 Å². The molecule has 0 heterocycles. The molecule has 1 aromatic carbocycles. The van der Waals surface area contributed by atoms with Crippen LogP contribution in [0.25, 0.3) is 0 Å². The van der Waals surface area contributed by atoms with Crippen molar-refractivity contribution in [1.29, 1.82) is 0 Å². The van der Waals surface area contributed by atoms with Crippen molar-refractivity contribution in [2.75, 3.05) is 33.5 Å².